The molecule has 2 heterocycles. The Hall–Kier alpha value is -3.13. The van der Waals surface area contributed by atoms with Crippen LogP contribution in [0.3, 0.4) is 0 Å². The molecule has 0 radical (unpaired) electrons. The summed E-state index contributed by atoms with van der Waals surface area (Å²) in [6.45, 7) is 0.510. The first-order chi connectivity index (χ1) is 13.1. The zero-order valence-corrected chi connectivity index (χ0v) is 15.8. The molecule has 27 heavy (non-hydrogen) atoms. The summed E-state index contributed by atoms with van der Waals surface area (Å²) in [4.78, 5) is 25.5. The third kappa shape index (κ3) is 4.35. The van der Waals surface area contributed by atoms with Crippen LogP contribution in [-0.4, -0.2) is 36.5 Å². The van der Waals surface area contributed by atoms with Gasteiger partial charge in [0.05, 0.1) is 31.2 Å². The number of nitrogens with zero attached hydrogens (tertiary/aromatic N) is 2. The number of rotatable bonds is 7. The lowest BCUT2D eigenvalue weighted by molar-refractivity contribution is 0.0948. The van der Waals surface area contributed by atoms with Crippen molar-refractivity contribution >= 4 is 17.2 Å². The van der Waals surface area contributed by atoms with Gasteiger partial charge in [0.15, 0.2) is 0 Å². The van der Waals surface area contributed by atoms with Crippen molar-refractivity contribution in [2.24, 2.45) is 0 Å². The van der Waals surface area contributed by atoms with Crippen molar-refractivity contribution < 1.29 is 14.3 Å². The van der Waals surface area contributed by atoms with Gasteiger partial charge in [-0.1, -0.05) is 6.07 Å². The van der Waals surface area contributed by atoms with Crippen LogP contribution in [0.25, 0.3) is 10.6 Å². The first-order valence-corrected chi connectivity index (χ1v) is 9.12. The Morgan fingerprint density at radius 3 is 2.74 bits per heavy atom. The Balaban J connectivity index is 1.69. The molecule has 8 heteroatoms. The maximum absolute atomic E-state index is 12.5. The summed E-state index contributed by atoms with van der Waals surface area (Å²) in [6.07, 6.45) is 0. The van der Waals surface area contributed by atoms with Gasteiger partial charge >= 0.3 is 0 Å². The number of thiophene rings is 1. The Bertz CT molecular complexity index is 983. The molecule has 0 aliphatic rings. The second-order valence-corrected chi connectivity index (χ2v) is 6.53. The van der Waals surface area contributed by atoms with Crippen molar-refractivity contribution in [1.29, 1.82) is 0 Å². The Labute approximate surface area is 160 Å². The van der Waals surface area contributed by atoms with E-state index in [0.717, 1.165) is 10.6 Å². The molecule has 2 aromatic heterocycles. The van der Waals surface area contributed by atoms with E-state index in [-0.39, 0.29) is 24.6 Å². The second kappa shape index (κ2) is 8.50. The van der Waals surface area contributed by atoms with Gasteiger partial charge in [-0.05, 0) is 35.7 Å². The van der Waals surface area contributed by atoms with E-state index in [1.807, 2.05) is 17.5 Å². The third-order valence-corrected chi connectivity index (χ3v) is 4.79. The largest absolute Gasteiger partial charge is 0.497 e. The predicted octanol–water partition coefficient (Wildman–Crippen LogP) is 2.42. The van der Waals surface area contributed by atoms with Gasteiger partial charge in [-0.15, -0.1) is 11.3 Å². The zero-order valence-electron chi connectivity index (χ0n) is 15.0. The van der Waals surface area contributed by atoms with Crippen LogP contribution in [0.2, 0.25) is 0 Å². The van der Waals surface area contributed by atoms with Gasteiger partial charge in [0.2, 0.25) is 0 Å². The van der Waals surface area contributed by atoms with Gasteiger partial charge in [-0.25, -0.2) is 4.68 Å². The first kappa shape index (κ1) is 18.7. The molecule has 1 N–H and O–H groups in total. The number of hydrogen-bond donors (Lipinski definition) is 1. The van der Waals surface area contributed by atoms with Crippen LogP contribution in [0.1, 0.15) is 10.4 Å². The third-order valence-electron chi connectivity index (χ3n) is 3.90. The van der Waals surface area contributed by atoms with E-state index < -0.39 is 0 Å². The monoisotopic (exact) mass is 385 g/mol. The molecular formula is C19H19N3O4S. The van der Waals surface area contributed by atoms with Crippen molar-refractivity contribution in [2.45, 2.75) is 6.54 Å². The number of carbonyl (C=O) groups excluding carboxylic acids is 1. The summed E-state index contributed by atoms with van der Waals surface area (Å²) in [5.41, 5.74) is 0.874. The number of carbonyl (C=O) groups is 1. The summed E-state index contributed by atoms with van der Waals surface area (Å²) in [5.74, 6) is 0.694. The molecule has 1 amide bonds. The summed E-state index contributed by atoms with van der Waals surface area (Å²) in [7, 11) is 3.03. The van der Waals surface area contributed by atoms with Crippen molar-refractivity contribution in [1.82, 2.24) is 15.1 Å². The minimum atomic E-state index is -0.312. The first-order valence-electron chi connectivity index (χ1n) is 8.24. The quantitative estimate of drug-likeness (QED) is 0.675. The van der Waals surface area contributed by atoms with Crippen molar-refractivity contribution in [3.8, 4) is 22.1 Å². The second-order valence-electron chi connectivity index (χ2n) is 5.58. The van der Waals surface area contributed by atoms with Crippen LogP contribution in [0.4, 0.5) is 0 Å². The number of hydrogen-bond acceptors (Lipinski definition) is 6. The van der Waals surface area contributed by atoms with Crippen molar-refractivity contribution in [3.63, 3.8) is 0 Å². The maximum Gasteiger partial charge on any atom is 0.266 e. The van der Waals surface area contributed by atoms with Crippen LogP contribution in [0.15, 0.2) is 52.6 Å². The van der Waals surface area contributed by atoms with Crippen LogP contribution in [0.5, 0.6) is 11.5 Å². The molecule has 7 nitrogen and oxygen atoms in total. The van der Waals surface area contributed by atoms with E-state index >= 15 is 0 Å². The molecule has 140 valence electrons. The van der Waals surface area contributed by atoms with E-state index in [2.05, 4.69) is 10.4 Å². The molecule has 0 aliphatic heterocycles. The molecule has 0 spiro atoms. The number of nitrogens with one attached hydrogen (secondary N) is 1. The normalized spacial score (nSPS) is 10.4. The molecule has 0 unspecified atom stereocenters. The number of aromatic nitrogens is 2. The lowest BCUT2D eigenvalue weighted by atomic mass is 10.1. The average molecular weight is 385 g/mol. The smallest absolute Gasteiger partial charge is 0.266 e. The molecule has 0 saturated carbocycles. The number of amides is 1. The minimum Gasteiger partial charge on any atom is -0.497 e. The molecule has 0 fully saturated rings. The van der Waals surface area contributed by atoms with E-state index in [4.69, 9.17) is 9.47 Å². The van der Waals surface area contributed by atoms with Gasteiger partial charge < -0.3 is 14.8 Å². The zero-order chi connectivity index (χ0) is 19.2. The maximum atomic E-state index is 12.5. The molecule has 3 rings (SSSR count). The van der Waals surface area contributed by atoms with E-state index in [1.165, 1.54) is 25.0 Å². The number of benzene rings is 1. The molecule has 0 aliphatic carbocycles. The highest BCUT2D eigenvalue weighted by Crippen LogP contribution is 2.24. The van der Waals surface area contributed by atoms with Gasteiger partial charge in [0, 0.05) is 12.6 Å². The molecular weight excluding hydrogens is 366 g/mol. The van der Waals surface area contributed by atoms with Gasteiger partial charge in [-0.2, -0.15) is 5.10 Å². The highest BCUT2D eigenvalue weighted by molar-refractivity contribution is 7.13. The van der Waals surface area contributed by atoms with E-state index in [0.29, 0.717) is 17.1 Å². The van der Waals surface area contributed by atoms with Gasteiger partial charge in [0.25, 0.3) is 11.5 Å². The fraction of sp³-hybridized carbons (Fsp3) is 0.211. The lowest BCUT2D eigenvalue weighted by Crippen LogP contribution is -2.32. The predicted molar refractivity (Wildman–Crippen MR) is 104 cm³/mol. The van der Waals surface area contributed by atoms with Crippen LogP contribution in [0, 0.1) is 0 Å². The van der Waals surface area contributed by atoms with Gasteiger partial charge in [-0.3, -0.25) is 9.59 Å². The standard InChI is InChI=1S/C19H19N3O4S/c1-25-13-5-7-16(26-2)14(12-13)19(24)20-9-10-22-18(23)8-6-15(21-22)17-4-3-11-27-17/h3-8,11-12H,9-10H2,1-2H3,(H,20,24). The van der Waals surface area contributed by atoms with Gasteiger partial charge in [0.1, 0.15) is 17.2 Å². The lowest BCUT2D eigenvalue weighted by Gasteiger charge is -2.11. The molecule has 0 saturated heterocycles. The Morgan fingerprint density at radius 1 is 1.19 bits per heavy atom. The summed E-state index contributed by atoms with van der Waals surface area (Å²) in [5, 5.41) is 9.10. The average Bonchev–Trinajstić information content (AvgIpc) is 3.23. The van der Waals surface area contributed by atoms with E-state index in [1.54, 1.807) is 35.6 Å². The van der Waals surface area contributed by atoms with Crippen LogP contribution >= 0.6 is 11.3 Å². The fourth-order valence-corrected chi connectivity index (χ4v) is 3.22. The summed E-state index contributed by atoms with van der Waals surface area (Å²) < 4.78 is 11.7. The van der Waals surface area contributed by atoms with Crippen LogP contribution < -0.4 is 20.3 Å². The highest BCUT2D eigenvalue weighted by atomic mass is 32.1. The minimum absolute atomic E-state index is 0.219. The van der Waals surface area contributed by atoms with E-state index in [9.17, 15) is 9.59 Å². The molecule has 1 aromatic carbocycles. The molecule has 3 aromatic rings. The highest BCUT2D eigenvalue weighted by Gasteiger charge is 2.13. The fourth-order valence-electron chi connectivity index (χ4n) is 2.53. The number of methoxy groups -OCH3 is 2. The topological polar surface area (TPSA) is 82.4 Å². The van der Waals surface area contributed by atoms with Crippen molar-refractivity contribution in [2.75, 3.05) is 20.8 Å². The molecule has 0 bridgehead atoms. The van der Waals surface area contributed by atoms with Crippen LogP contribution in [-0.2, 0) is 6.54 Å². The SMILES string of the molecule is COc1ccc(OC)c(C(=O)NCCn2nc(-c3cccs3)ccc2=O)c1. The Kier molecular flexibility index (Phi) is 5.87. The summed E-state index contributed by atoms with van der Waals surface area (Å²) in [6, 6.07) is 12.0. The van der Waals surface area contributed by atoms with Crippen molar-refractivity contribution in [3.05, 3.63) is 63.8 Å². The number of ether oxygens (including phenoxy) is 2. The summed E-state index contributed by atoms with van der Waals surface area (Å²) >= 11 is 1.55. The molecule has 0 atom stereocenters. The Morgan fingerprint density at radius 2 is 2.04 bits per heavy atom.